The maximum absolute atomic E-state index is 10.8. The molecule has 0 bridgehead atoms. The van der Waals surface area contributed by atoms with Gasteiger partial charge in [-0.15, -0.1) is 0 Å². The number of carboxylic acid groups (broad SMARTS) is 1. The molecule has 108 valence electrons. The topological polar surface area (TPSA) is 40.5 Å². The first kappa shape index (κ1) is 13.6. The number of likely N-dealkylation sites (tertiary alicyclic amines) is 1. The standard InChI is InChI=1S/C17H23NO2/c19-16(20)15-6-4-14(5-7-15)12-18-11-10-17(13-18)8-2-1-3-9-17/h4-7H,1-3,8-13H2,(H,19,20). The van der Waals surface area contributed by atoms with Crippen LogP contribution in [0.25, 0.3) is 0 Å². The van der Waals surface area contributed by atoms with Crippen molar-refractivity contribution >= 4 is 5.97 Å². The van der Waals surface area contributed by atoms with Gasteiger partial charge in [-0.3, -0.25) is 4.90 Å². The van der Waals surface area contributed by atoms with Gasteiger partial charge in [0.15, 0.2) is 0 Å². The lowest BCUT2D eigenvalue weighted by molar-refractivity contribution is 0.0697. The zero-order valence-corrected chi connectivity index (χ0v) is 12.0. The number of aromatic carboxylic acids is 1. The SMILES string of the molecule is O=C(O)c1ccc(CN2CCC3(CCCCC3)C2)cc1. The summed E-state index contributed by atoms with van der Waals surface area (Å²) in [5.74, 6) is -0.848. The second-order valence-corrected chi connectivity index (χ2v) is 6.52. The van der Waals surface area contributed by atoms with Crippen LogP contribution in [0.2, 0.25) is 0 Å². The minimum Gasteiger partial charge on any atom is -0.478 e. The van der Waals surface area contributed by atoms with Gasteiger partial charge < -0.3 is 5.11 Å². The van der Waals surface area contributed by atoms with Crippen molar-refractivity contribution in [3.05, 3.63) is 35.4 Å². The van der Waals surface area contributed by atoms with E-state index in [-0.39, 0.29) is 0 Å². The van der Waals surface area contributed by atoms with Crippen LogP contribution in [0, 0.1) is 5.41 Å². The molecule has 2 fully saturated rings. The molecule has 1 aliphatic carbocycles. The Morgan fingerprint density at radius 3 is 2.45 bits per heavy atom. The van der Waals surface area contributed by atoms with Gasteiger partial charge in [-0.25, -0.2) is 4.79 Å². The first-order valence-electron chi connectivity index (χ1n) is 7.72. The van der Waals surface area contributed by atoms with Crippen LogP contribution < -0.4 is 0 Å². The number of carbonyl (C=O) groups is 1. The van der Waals surface area contributed by atoms with Crippen LogP contribution >= 0.6 is 0 Å². The molecule has 1 heterocycles. The van der Waals surface area contributed by atoms with Gasteiger partial charge in [-0.2, -0.15) is 0 Å². The highest BCUT2D eigenvalue weighted by atomic mass is 16.4. The van der Waals surface area contributed by atoms with Gasteiger partial charge in [0, 0.05) is 13.1 Å². The smallest absolute Gasteiger partial charge is 0.335 e. The normalized spacial score (nSPS) is 22.2. The van der Waals surface area contributed by atoms with Crippen LogP contribution in [0.15, 0.2) is 24.3 Å². The summed E-state index contributed by atoms with van der Waals surface area (Å²) in [7, 11) is 0. The van der Waals surface area contributed by atoms with Crippen molar-refractivity contribution in [2.24, 2.45) is 5.41 Å². The molecule has 1 spiro atoms. The summed E-state index contributed by atoms with van der Waals surface area (Å²) in [5.41, 5.74) is 2.20. The quantitative estimate of drug-likeness (QED) is 0.915. The van der Waals surface area contributed by atoms with Crippen molar-refractivity contribution in [1.82, 2.24) is 4.90 Å². The Labute approximate surface area is 120 Å². The number of carboxylic acids is 1. The molecule has 0 radical (unpaired) electrons. The molecule has 1 aromatic rings. The fourth-order valence-corrected chi connectivity index (χ4v) is 3.88. The lowest BCUT2D eigenvalue weighted by Crippen LogP contribution is -2.29. The number of hydrogen-bond acceptors (Lipinski definition) is 2. The first-order chi connectivity index (χ1) is 9.67. The van der Waals surface area contributed by atoms with Crippen LogP contribution in [0.5, 0.6) is 0 Å². The van der Waals surface area contributed by atoms with Gasteiger partial charge >= 0.3 is 5.97 Å². The van der Waals surface area contributed by atoms with Crippen LogP contribution in [-0.2, 0) is 6.54 Å². The average molecular weight is 273 g/mol. The van der Waals surface area contributed by atoms with E-state index in [1.54, 1.807) is 12.1 Å². The second-order valence-electron chi connectivity index (χ2n) is 6.52. The van der Waals surface area contributed by atoms with E-state index in [1.165, 1.54) is 57.2 Å². The molecule has 1 aliphatic heterocycles. The molecule has 2 aliphatic rings. The molecule has 0 aromatic heterocycles. The molecule has 0 unspecified atom stereocenters. The van der Waals surface area contributed by atoms with Crippen molar-refractivity contribution in [2.45, 2.75) is 45.1 Å². The summed E-state index contributed by atoms with van der Waals surface area (Å²) >= 11 is 0. The molecular formula is C17H23NO2. The van der Waals surface area contributed by atoms with E-state index in [1.807, 2.05) is 12.1 Å². The third-order valence-electron chi connectivity index (χ3n) is 5.04. The van der Waals surface area contributed by atoms with Gasteiger partial charge in [0.2, 0.25) is 0 Å². The van der Waals surface area contributed by atoms with Gasteiger partial charge in [0.25, 0.3) is 0 Å². The highest BCUT2D eigenvalue weighted by Crippen LogP contribution is 2.43. The number of benzene rings is 1. The van der Waals surface area contributed by atoms with Crippen molar-refractivity contribution in [1.29, 1.82) is 0 Å². The van der Waals surface area contributed by atoms with Crippen LogP contribution in [0.4, 0.5) is 0 Å². The third-order valence-corrected chi connectivity index (χ3v) is 5.04. The molecule has 3 nitrogen and oxygen atoms in total. The summed E-state index contributed by atoms with van der Waals surface area (Å²) in [6.45, 7) is 3.38. The average Bonchev–Trinajstić information content (AvgIpc) is 2.83. The van der Waals surface area contributed by atoms with E-state index in [0.717, 1.165) is 6.54 Å². The predicted molar refractivity (Wildman–Crippen MR) is 78.8 cm³/mol. The Balaban J connectivity index is 1.60. The van der Waals surface area contributed by atoms with E-state index in [2.05, 4.69) is 4.90 Å². The Hall–Kier alpha value is -1.35. The second kappa shape index (κ2) is 5.57. The van der Waals surface area contributed by atoms with Gasteiger partial charge in [0.05, 0.1) is 5.56 Å². The molecule has 1 aromatic carbocycles. The summed E-state index contributed by atoms with van der Waals surface area (Å²) in [4.78, 5) is 13.4. The molecule has 20 heavy (non-hydrogen) atoms. The monoisotopic (exact) mass is 273 g/mol. The van der Waals surface area contributed by atoms with Crippen LogP contribution in [-0.4, -0.2) is 29.1 Å². The van der Waals surface area contributed by atoms with Gasteiger partial charge in [-0.1, -0.05) is 31.4 Å². The Bertz CT molecular complexity index is 474. The summed E-state index contributed by atoms with van der Waals surface area (Å²) in [6.07, 6.45) is 8.38. The lowest BCUT2D eigenvalue weighted by Gasteiger charge is -2.33. The highest BCUT2D eigenvalue weighted by Gasteiger charge is 2.38. The van der Waals surface area contributed by atoms with Crippen molar-refractivity contribution in [3.8, 4) is 0 Å². The fourth-order valence-electron chi connectivity index (χ4n) is 3.88. The molecule has 1 saturated heterocycles. The predicted octanol–water partition coefficient (Wildman–Crippen LogP) is 3.54. The fraction of sp³-hybridized carbons (Fsp3) is 0.588. The number of rotatable bonds is 3. The maximum Gasteiger partial charge on any atom is 0.335 e. The number of hydrogen-bond donors (Lipinski definition) is 1. The van der Waals surface area contributed by atoms with E-state index in [0.29, 0.717) is 11.0 Å². The molecule has 1 saturated carbocycles. The van der Waals surface area contributed by atoms with Crippen LogP contribution in [0.3, 0.4) is 0 Å². The van der Waals surface area contributed by atoms with Crippen molar-refractivity contribution in [2.75, 3.05) is 13.1 Å². The van der Waals surface area contributed by atoms with E-state index in [9.17, 15) is 4.79 Å². The minimum absolute atomic E-state index is 0.374. The number of nitrogens with zero attached hydrogens (tertiary/aromatic N) is 1. The lowest BCUT2D eigenvalue weighted by atomic mass is 9.73. The zero-order valence-electron chi connectivity index (χ0n) is 12.0. The molecular weight excluding hydrogens is 250 g/mol. The van der Waals surface area contributed by atoms with E-state index >= 15 is 0 Å². The van der Waals surface area contributed by atoms with Crippen molar-refractivity contribution in [3.63, 3.8) is 0 Å². The van der Waals surface area contributed by atoms with Gasteiger partial charge in [0.1, 0.15) is 0 Å². The molecule has 3 heteroatoms. The Kier molecular flexibility index (Phi) is 3.79. The summed E-state index contributed by atoms with van der Waals surface area (Å²) in [6, 6.07) is 7.33. The third kappa shape index (κ3) is 2.88. The summed E-state index contributed by atoms with van der Waals surface area (Å²) < 4.78 is 0. The first-order valence-corrected chi connectivity index (χ1v) is 7.72. The van der Waals surface area contributed by atoms with Gasteiger partial charge in [-0.05, 0) is 48.9 Å². The minimum atomic E-state index is -0.848. The molecule has 0 amide bonds. The molecule has 3 rings (SSSR count). The zero-order chi connectivity index (χ0) is 14.0. The van der Waals surface area contributed by atoms with E-state index in [4.69, 9.17) is 5.11 Å². The highest BCUT2D eigenvalue weighted by molar-refractivity contribution is 5.87. The van der Waals surface area contributed by atoms with E-state index < -0.39 is 5.97 Å². The summed E-state index contributed by atoms with van der Waals surface area (Å²) in [5, 5.41) is 8.92. The maximum atomic E-state index is 10.8. The molecule has 0 atom stereocenters. The molecule has 1 N–H and O–H groups in total. The van der Waals surface area contributed by atoms with Crippen molar-refractivity contribution < 1.29 is 9.90 Å². The van der Waals surface area contributed by atoms with Crippen LogP contribution in [0.1, 0.15) is 54.4 Å². The Morgan fingerprint density at radius 1 is 1.10 bits per heavy atom. The largest absolute Gasteiger partial charge is 0.478 e. The Morgan fingerprint density at radius 2 is 1.80 bits per heavy atom.